The van der Waals surface area contributed by atoms with Crippen LogP contribution in [-0.2, 0) is 12.6 Å². The molecule has 0 aliphatic carbocycles. The number of thioether (sulfide) groups is 1. The van der Waals surface area contributed by atoms with Crippen LogP contribution in [0.15, 0.2) is 53.4 Å². The minimum atomic E-state index is -4.33. The number of hydrogen-bond acceptors (Lipinski definition) is 2. The molecule has 21 heavy (non-hydrogen) atoms. The number of benzene rings is 2. The van der Waals surface area contributed by atoms with E-state index in [0.29, 0.717) is 5.56 Å². The maximum Gasteiger partial charge on any atom is 0.416 e. The minimum absolute atomic E-state index is 0.0749. The highest BCUT2D eigenvalue weighted by atomic mass is 32.2. The zero-order valence-corrected chi connectivity index (χ0v) is 11.9. The van der Waals surface area contributed by atoms with Crippen molar-refractivity contribution in [1.29, 1.82) is 0 Å². The van der Waals surface area contributed by atoms with Gasteiger partial charge in [-0.2, -0.15) is 13.2 Å². The third kappa shape index (κ3) is 2.94. The van der Waals surface area contributed by atoms with E-state index < -0.39 is 17.8 Å². The van der Waals surface area contributed by atoms with Crippen LogP contribution >= 0.6 is 11.8 Å². The van der Waals surface area contributed by atoms with Gasteiger partial charge in [0, 0.05) is 16.2 Å². The summed E-state index contributed by atoms with van der Waals surface area (Å²) in [6.07, 6.45) is -3.54. The van der Waals surface area contributed by atoms with Gasteiger partial charge in [0.05, 0.1) is 5.56 Å². The maximum absolute atomic E-state index is 12.8. The highest BCUT2D eigenvalue weighted by molar-refractivity contribution is 8.00. The van der Waals surface area contributed by atoms with E-state index in [-0.39, 0.29) is 5.25 Å². The van der Waals surface area contributed by atoms with Crippen LogP contribution in [0.3, 0.4) is 0 Å². The van der Waals surface area contributed by atoms with Crippen LogP contribution in [0, 0.1) is 0 Å². The Labute approximate surface area is 125 Å². The molecule has 2 N–H and O–H groups in total. The molecule has 1 heterocycles. The van der Waals surface area contributed by atoms with Crippen LogP contribution in [0.2, 0.25) is 0 Å². The van der Waals surface area contributed by atoms with Crippen molar-refractivity contribution < 1.29 is 13.2 Å². The van der Waals surface area contributed by atoms with Gasteiger partial charge in [-0.05, 0) is 35.7 Å². The van der Waals surface area contributed by atoms with Crippen LogP contribution in [0.25, 0.3) is 0 Å². The average Bonchev–Trinajstić information content (AvgIpc) is 2.89. The maximum atomic E-state index is 12.8. The Morgan fingerprint density at radius 3 is 2.57 bits per heavy atom. The van der Waals surface area contributed by atoms with E-state index in [0.717, 1.165) is 18.6 Å². The monoisotopic (exact) mass is 309 g/mol. The van der Waals surface area contributed by atoms with Crippen LogP contribution < -0.4 is 5.73 Å². The second kappa shape index (κ2) is 5.39. The molecule has 0 radical (unpaired) electrons. The van der Waals surface area contributed by atoms with Gasteiger partial charge in [0.2, 0.25) is 0 Å². The van der Waals surface area contributed by atoms with Crippen LogP contribution in [0.5, 0.6) is 0 Å². The summed E-state index contributed by atoms with van der Waals surface area (Å²) in [4.78, 5) is 1.17. The summed E-state index contributed by atoms with van der Waals surface area (Å²) in [7, 11) is 0. The van der Waals surface area contributed by atoms with Crippen molar-refractivity contribution in [3.63, 3.8) is 0 Å². The standard InChI is InChI=1S/C16H14F3NS/c17-16(18,19)12-6-3-5-11(8-12)15(20)14-9-10-4-1-2-7-13(10)21-14/h1-8,14-15H,9,20H2. The third-order valence-electron chi connectivity index (χ3n) is 3.67. The van der Waals surface area contributed by atoms with Gasteiger partial charge in [0.15, 0.2) is 0 Å². The minimum Gasteiger partial charge on any atom is -0.323 e. The second-order valence-corrected chi connectivity index (χ2v) is 6.40. The molecule has 110 valence electrons. The van der Waals surface area contributed by atoms with E-state index in [1.165, 1.54) is 16.5 Å². The topological polar surface area (TPSA) is 26.0 Å². The van der Waals surface area contributed by atoms with Crippen molar-refractivity contribution in [2.45, 2.75) is 28.8 Å². The Balaban J connectivity index is 1.83. The molecule has 0 aromatic heterocycles. The van der Waals surface area contributed by atoms with Gasteiger partial charge in [-0.1, -0.05) is 30.3 Å². The first-order valence-corrected chi connectivity index (χ1v) is 7.50. The van der Waals surface area contributed by atoms with E-state index in [1.807, 2.05) is 24.3 Å². The molecule has 1 nitrogen and oxygen atoms in total. The summed E-state index contributed by atoms with van der Waals surface area (Å²) >= 11 is 1.65. The molecule has 1 aliphatic heterocycles. The van der Waals surface area contributed by atoms with E-state index in [9.17, 15) is 13.2 Å². The van der Waals surface area contributed by atoms with Gasteiger partial charge in [0.25, 0.3) is 0 Å². The van der Waals surface area contributed by atoms with E-state index in [1.54, 1.807) is 17.8 Å². The first-order valence-electron chi connectivity index (χ1n) is 6.62. The zero-order chi connectivity index (χ0) is 15.0. The molecule has 1 aliphatic rings. The van der Waals surface area contributed by atoms with E-state index in [2.05, 4.69) is 0 Å². The van der Waals surface area contributed by atoms with Crippen molar-refractivity contribution in [1.82, 2.24) is 0 Å². The van der Waals surface area contributed by atoms with Gasteiger partial charge >= 0.3 is 6.18 Å². The molecular weight excluding hydrogens is 295 g/mol. The molecule has 2 atom stereocenters. The van der Waals surface area contributed by atoms with Crippen molar-refractivity contribution in [3.8, 4) is 0 Å². The highest BCUT2D eigenvalue weighted by Crippen LogP contribution is 2.42. The van der Waals surface area contributed by atoms with Gasteiger partial charge in [0.1, 0.15) is 0 Å². The molecule has 5 heteroatoms. The van der Waals surface area contributed by atoms with Gasteiger partial charge in [-0.25, -0.2) is 0 Å². The molecule has 0 saturated heterocycles. The summed E-state index contributed by atoms with van der Waals surface area (Å²) in [5.41, 5.74) is 7.32. The molecule has 2 unspecified atom stereocenters. The number of alkyl halides is 3. The number of nitrogens with two attached hydrogens (primary N) is 1. The molecule has 2 aromatic rings. The van der Waals surface area contributed by atoms with Crippen LogP contribution in [0.4, 0.5) is 13.2 Å². The van der Waals surface area contributed by atoms with Crippen molar-refractivity contribution in [3.05, 3.63) is 65.2 Å². The van der Waals surface area contributed by atoms with Gasteiger partial charge < -0.3 is 5.73 Å². The molecule has 0 spiro atoms. The normalized spacial score (nSPS) is 19.3. The summed E-state index contributed by atoms with van der Waals surface area (Å²) in [6, 6.07) is 12.9. The lowest BCUT2D eigenvalue weighted by Crippen LogP contribution is -2.23. The van der Waals surface area contributed by atoms with Crippen molar-refractivity contribution in [2.75, 3.05) is 0 Å². The fraction of sp³-hybridized carbons (Fsp3) is 0.250. The number of halogens is 3. The zero-order valence-electron chi connectivity index (χ0n) is 11.1. The first kappa shape index (κ1) is 14.5. The smallest absolute Gasteiger partial charge is 0.323 e. The molecule has 2 aromatic carbocycles. The lowest BCUT2D eigenvalue weighted by Gasteiger charge is -2.19. The molecule has 0 bridgehead atoms. The summed E-state index contributed by atoms with van der Waals surface area (Å²) in [5, 5.41) is 0.0749. The van der Waals surface area contributed by atoms with E-state index >= 15 is 0 Å². The van der Waals surface area contributed by atoms with E-state index in [4.69, 9.17) is 5.73 Å². The third-order valence-corrected chi connectivity index (χ3v) is 5.09. The summed E-state index contributed by atoms with van der Waals surface area (Å²) < 4.78 is 38.3. The predicted molar refractivity (Wildman–Crippen MR) is 78.2 cm³/mol. The molecule has 0 amide bonds. The Morgan fingerprint density at radius 1 is 1.10 bits per heavy atom. The Morgan fingerprint density at radius 2 is 1.86 bits per heavy atom. The molecule has 3 rings (SSSR count). The fourth-order valence-corrected chi connectivity index (χ4v) is 3.90. The summed E-state index contributed by atoms with van der Waals surface area (Å²) in [6.45, 7) is 0. The largest absolute Gasteiger partial charge is 0.416 e. The number of hydrogen-bond donors (Lipinski definition) is 1. The predicted octanol–water partition coefficient (Wildman–Crippen LogP) is 4.42. The fourth-order valence-electron chi connectivity index (χ4n) is 2.55. The molecule has 0 saturated carbocycles. The van der Waals surface area contributed by atoms with Crippen LogP contribution in [0.1, 0.15) is 22.7 Å². The van der Waals surface area contributed by atoms with Gasteiger partial charge in [-0.3, -0.25) is 0 Å². The first-order chi connectivity index (χ1) is 9.95. The Kier molecular flexibility index (Phi) is 3.71. The SMILES string of the molecule is NC(c1cccc(C(F)(F)F)c1)C1Cc2ccccc2S1. The quantitative estimate of drug-likeness (QED) is 0.888. The Bertz CT molecular complexity index is 629. The Hall–Kier alpha value is -1.46. The molecular formula is C16H14F3NS. The number of fused-ring (bicyclic) bond motifs is 1. The average molecular weight is 309 g/mol. The number of rotatable bonds is 2. The van der Waals surface area contributed by atoms with Crippen molar-refractivity contribution in [2.24, 2.45) is 5.73 Å². The summed E-state index contributed by atoms with van der Waals surface area (Å²) in [5.74, 6) is 0. The van der Waals surface area contributed by atoms with Crippen LogP contribution in [-0.4, -0.2) is 5.25 Å². The lowest BCUT2D eigenvalue weighted by atomic mass is 9.98. The van der Waals surface area contributed by atoms with Crippen molar-refractivity contribution >= 4 is 11.8 Å². The lowest BCUT2D eigenvalue weighted by molar-refractivity contribution is -0.137. The van der Waals surface area contributed by atoms with Gasteiger partial charge in [-0.15, -0.1) is 11.8 Å². The highest BCUT2D eigenvalue weighted by Gasteiger charge is 2.32. The second-order valence-electron chi connectivity index (χ2n) is 5.12. The molecule has 0 fully saturated rings.